The van der Waals surface area contributed by atoms with Crippen LogP contribution in [0.2, 0.25) is 0 Å². The van der Waals surface area contributed by atoms with Gasteiger partial charge >= 0.3 is 12.0 Å². The number of amides is 2. The molecule has 2 N–H and O–H groups in total. The van der Waals surface area contributed by atoms with Crippen LogP contribution in [-0.2, 0) is 9.53 Å². The van der Waals surface area contributed by atoms with Crippen LogP contribution in [0.4, 0.5) is 4.79 Å². The fraction of sp³-hybridized carbons (Fsp3) is 0.250. The number of furan rings is 1. The molecule has 0 saturated carbocycles. The SMILES string of the molecule is CC(=O)c1ccc(-c2coc(-c3ccc(C4NC(=O)NC(C)=C4C(=O)OC(C)(C)C)cc3)c2)cc1. The number of allylic oxidation sites excluding steroid dienone is 1. The van der Waals surface area contributed by atoms with E-state index in [1.165, 1.54) is 6.92 Å². The molecule has 2 aromatic carbocycles. The average molecular weight is 473 g/mol. The largest absolute Gasteiger partial charge is 0.464 e. The summed E-state index contributed by atoms with van der Waals surface area (Å²) in [4.78, 5) is 36.6. The summed E-state index contributed by atoms with van der Waals surface area (Å²) in [6.45, 7) is 8.63. The summed E-state index contributed by atoms with van der Waals surface area (Å²) in [6, 6.07) is 15.8. The molecule has 35 heavy (non-hydrogen) atoms. The molecule has 0 aliphatic carbocycles. The van der Waals surface area contributed by atoms with E-state index in [-0.39, 0.29) is 11.8 Å². The van der Waals surface area contributed by atoms with E-state index >= 15 is 0 Å². The van der Waals surface area contributed by atoms with E-state index in [1.807, 2.05) is 42.5 Å². The molecule has 1 aliphatic heterocycles. The van der Waals surface area contributed by atoms with E-state index < -0.39 is 17.6 Å². The van der Waals surface area contributed by atoms with Gasteiger partial charge in [-0.05, 0) is 51.8 Å². The number of ketones is 1. The van der Waals surface area contributed by atoms with Crippen molar-refractivity contribution in [2.24, 2.45) is 0 Å². The third-order valence-electron chi connectivity index (χ3n) is 5.64. The quantitative estimate of drug-likeness (QED) is 0.362. The second-order valence-corrected chi connectivity index (χ2v) is 9.53. The molecule has 4 rings (SSSR count). The number of urea groups is 1. The zero-order valence-electron chi connectivity index (χ0n) is 20.4. The normalized spacial score (nSPS) is 15.9. The topological polar surface area (TPSA) is 97.6 Å². The molecule has 1 aromatic heterocycles. The second kappa shape index (κ2) is 9.25. The van der Waals surface area contributed by atoms with Gasteiger partial charge in [-0.15, -0.1) is 0 Å². The van der Waals surface area contributed by atoms with Crippen molar-refractivity contribution in [3.8, 4) is 22.5 Å². The van der Waals surface area contributed by atoms with Crippen molar-refractivity contribution in [2.75, 3.05) is 0 Å². The van der Waals surface area contributed by atoms with Gasteiger partial charge in [0.1, 0.15) is 11.4 Å². The smallest absolute Gasteiger partial charge is 0.338 e. The Balaban J connectivity index is 1.58. The minimum atomic E-state index is -0.663. The lowest BCUT2D eigenvalue weighted by molar-refractivity contribution is -0.150. The Kier molecular flexibility index (Phi) is 6.35. The van der Waals surface area contributed by atoms with Gasteiger partial charge in [0.2, 0.25) is 0 Å². The first kappa shape index (κ1) is 24.0. The Morgan fingerprint density at radius 3 is 2.17 bits per heavy atom. The third kappa shape index (κ3) is 5.35. The van der Waals surface area contributed by atoms with Gasteiger partial charge in [-0.1, -0.05) is 48.5 Å². The molecule has 0 spiro atoms. The number of nitrogens with one attached hydrogen (secondary N) is 2. The number of carbonyl (C=O) groups is 3. The number of hydrogen-bond donors (Lipinski definition) is 2. The minimum absolute atomic E-state index is 0.0225. The van der Waals surface area contributed by atoms with Crippen LogP contribution in [0.25, 0.3) is 22.5 Å². The lowest BCUT2D eigenvalue weighted by Gasteiger charge is -2.30. The first-order chi connectivity index (χ1) is 16.5. The Bertz CT molecular complexity index is 1310. The third-order valence-corrected chi connectivity index (χ3v) is 5.64. The fourth-order valence-electron chi connectivity index (χ4n) is 3.92. The number of benzene rings is 2. The van der Waals surface area contributed by atoms with Gasteiger partial charge in [0.25, 0.3) is 0 Å². The molecule has 7 nitrogen and oxygen atoms in total. The molecular formula is C28H28N2O5. The minimum Gasteiger partial charge on any atom is -0.464 e. The zero-order chi connectivity index (χ0) is 25.3. The molecule has 0 bridgehead atoms. The highest BCUT2D eigenvalue weighted by Gasteiger charge is 2.34. The van der Waals surface area contributed by atoms with Crippen LogP contribution in [0.15, 0.2) is 76.5 Å². The molecule has 0 fully saturated rings. The fourth-order valence-corrected chi connectivity index (χ4v) is 3.92. The van der Waals surface area contributed by atoms with Crippen molar-refractivity contribution >= 4 is 17.8 Å². The summed E-state index contributed by atoms with van der Waals surface area (Å²) < 4.78 is 11.4. The summed E-state index contributed by atoms with van der Waals surface area (Å²) in [5, 5.41) is 5.48. The van der Waals surface area contributed by atoms with E-state index in [9.17, 15) is 14.4 Å². The lowest BCUT2D eigenvalue weighted by atomic mass is 9.94. The molecular weight excluding hydrogens is 444 g/mol. The highest BCUT2D eigenvalue weighted by molar-refractivity contribution is 5.95. The highest BCUT2D eigenvalue weighted by Crippen LogP contribution is 2.32. The van der Waals surface area contributed by atoms with Crippen LogP contribution in [0.1, 0.15) is 56.6 Å². The van der Waals surface area contributed by atoms with Crippen molar-refractivity contribution in [1.29, 1.82) is 0 Å². The first-order valence-corrected chi connectivity index (χ1v) is 11.3. The molecule has 0 radical (unpaired) electrons. The Morgan fingerprint density at radius 1 is 0.943 bits per heavy atom. The van der Waals surface area contributed by atoms with Gasteiger partial charge in [-0.25, -0.2) is 9.59 Å². The predicted octanol–water partition coefficient (Wildman–Crippen LogP) is 5.79. The van der Waals surface area contributed by atoms with Crippen LogP contribution < -0.4 is 10.6 Å². The van der Waals surface area contributed by atoms with Crippen molar-refractivity contribution in [3.05, 3.63) is 83.3 Å². The summed E-state index contributed by atoms with van der Waals surface area (Å²) >= 11 is 0. The number of esters is 1. The van der Waals surface area contributed by atoms with E-state index in [1.54, 1.807) is 46.1 Å². The zero-order valence-corrected chi connectivity index (χ0v) is 20.4. The van der Waals surface area contributed by atoms with Gasteiger partial charge in [-0.2, -0.15) is 0 Å². The summed E-state index contributed by atoms with van der Waals surface area (Å²) in [7, 11) is 0. The van der Waals surface area contributed by atoms with Crippen LogP contribution in [0.5, 0.6) is 0 Å². The second-order valence-electron chi connectivity index (χ2n) is 9.53. The van der Waals surface area contributed by atoms with Crippen molar-refractivity contribution in [3.63, 3.8) is 0 Å². The monoisotopic (exact) mass is 472 g/mol. The molecule has 3 aromatic rings. The molecule has 180 valence electrons. The predicted molar refractivity (Wildman–Crippen MR) is 133 cm³/mol. The summed E-state index contributed by atoms with van der Waals surface area (Å²) in [6.07, 6.45) is 1.67. The maximum absolute atomic E-state index is 12.9. The maximum Gasteiger partial charge on any atom is 0.338 e. The maximum atomic E-state index is 12.9. The van der Waals surface area contributed by atoms with Gasteiger partial charge in [0, 0.05) is 22.4 Å². The number of Topliss-reactive ketones (excluding diaryl/α,β-unsaturated/α-hetero) is 1. The van der Waals surface area contributed by atoms with Gasteiger partial charge in [0.15, 0.2) is 5.78 Å². The molecule has 2 heterocycles. The van der Waals surface area contributed by atoms with Crippen LogP contribution in [0.3, 0.4) is 0 Å². The number of carbonyl (C=O) groups excluding carboxylic acids is 3. The van der Waals surface area contributed by atoms with Crippen molar-refractivity contribution < 1.29 is 23.5 Å². The summed E-state index contributed by atoms with van der Waals surface area (Å²) in [5.41, 5.74) is 4.26. The summed E-state index contributed by atoms with van der Waals surface area (Å²) in [5.74, 6) is 0.216. The van der Waals surface area contributed by atoms with Crippen molar-refractivity contribution in [1.82, 2.24) is 10.6 Å². The highest BCUT2D eigenvalue weighted by atomic mass is 16.6. The molecule has 2 amide bonds. The lowest BCUT2D eigenvalue weighted by Crippen LogP contribution is -2.46. The molecule has 1 aliphatic rings. The van der Waals surface area contributed by atoms with E-state index in [2.05, 4.69) is 10.6 Å². The molecule has 7 heteroatoms. The van der Waals surface area contributed by atoms with Crippen LogP contribution >= 0.6 is 0 Å². The van der Waals surface area contributed by atoms with Gasteiger partial charge in [-0.3, -0.25) is 4.79 Å². The number of rotatable bonds is 5. The van der Waals surface area contributed by atoms with Gasteiger partial charge < -0.3 is 19.8 Å². The van der Waals surface area contributed by atoms with Crippen LogP contribution in [-0.4, -0.2) is 23.4 Å². The van der Waals surface area contributed by atoms with E-state index in [4.69, 9.17) is 9.15 Å². The average Bonchev–Trinajstić information content (AvgIpc) is 3.28. The van der Waals surface area contributed by atoms with E-state index in [0.29, 0.717) is 22.6 Å². The standard InChI is InChI=1S/C28H28N2O5/c1-16-24(26(32)35-28(3,4)5)25(30-27(33)29-16)21-12-10-20(11-13-21)23-14-22(15-34-23)19-8-6-18(7-9-19)17(2)31/h6-15,25H,1-5H3,(H2,29,30,33). The molecule has 0 saturated heterocycles. The van der Waals surface area contributed by atoms with Gasteiger partial charge in [0.05, 0.1) is 17.9 Å². The Hall–Kier alpha value is -4.13. The Labute approximate surface area is 204 Å². The number of hydrogen-bond acceptors (Lipinski definition) is 5. The van der Waals surface area contributed by atoms with E-state index in [0.717, 1.165) is 22.3 Å². The number of ether oxygens (including phenoxy) is 1. The molecule has 1 atom stereocenters. The van der Waals surface area contributed by atoms with Crippen LogP contribution in [0, 0.1) is 0 Å². The Morgan fingerprint density at radius 2 is 1.57 bits per heavy atom. The van der Waals surface area contributed by atoms with Crippen molar-refractivity contribution in [2.45, 2.75) is 46.3 Å². The first-order valence-electron chi connectivity index (χ1n) is 11.3. The molecule has 1 unspecified atom stereocenters.